The first-order chi connectivity index (χ1) is 8.85. The summed E-state index contributed by atoms with van der Waals surface area (Å²) < 4.78 is 26.4. The van der Waals surface area contributed by atoms with Gasteiger partial charge in [-0.05, 0) is 12.5 Å². The molecule has 9 heteroatoms. The van der Waals surface area contributed by atoms with Crippen molar-refractivity contribution in [1.29, 1.82) is 0 Å². The number of hydrogen-bond donors (Lipinski definition) is 4. The van der Waals surface area contributed by atoms with Gasteiger partial charge in [0.1, 0.15) is 0 Å². The van der Waals surface area contributed by atoms with E-state index in [4.69, 9.17) is 15.3 Å². The Morgan fingerprint density at radius 2 is 2.11 bits per heavy atom. The van der Waals surface area contributed by atoms with Gasteiger partial charge in [0, 0.05) is 12.6 Å². The molecule has 2 rings (SSSR count). The third-order valence-electron chi connectivity index (χ3n) is 2.51. The van der Waals surface area contributed by atoms with Gasteiger partial charge < -0.3 is 15.5 Å². The second-order valence-electron chi connectivity index (χ2n) is 4.10. The Morgan fingerprint density at radius 3 is 2.79 bits per heavy atom. The van der Waals surface area contributed by atoms with Crippen molar-refractivity contribution in [2.24, 2.45) is 5.14 Å². The van der Waals surface area contributed by atoms with E-state index in [0.717, 1.165) is 0 Å². The molecular weight excluding hydrogens is 272 g/mol. The van der Waals surface area contributed by atoms with Crippen LogP contribution in [0.2, 0.25) is 0 Å². The van der Waals surface area contributed by atoms with Crippen molar-refractivity contribution in [3.63, 3.8) is 0 Å². The third-order valence-corrected chi connectivity index (χ3v) is 3.37. The third kappa shape index (κ3) is 3.48. The molecule has 0 unspecified atom stereocenters. The Balaban J connectivity index is 2.08. The number of primary sulfonamides is 1. The van der Waals surface area contributed by atoms with Gasteiger partial charge in [-0.15, -0.1) is 0 Å². The zero-order valence-corrected chi connectivity index (χ0v) is 10.8. The molecule has 0 aliphatic rings. The largest absolute Gasteiger partial charge is 0.417 e. The number of rotatable bonds is 5. The Bertz CT molecular complexity index is 746. The van der Waals surface area contributed by atoms with Crippen LogP contribution in [0.15, 0.2) is 21.3 Å². The van der Waals surface area contributed by atoms with Crippen molar-refractivity contribution in [2.45, 2.75) is 6.42 Å². The number of nitrogen functional groups attached to an aromatic ring is 1. The summed E-state index contributed by atoms with van der Waals surface area (Å²) in [6.07, 6.45) is 0.359. The molecule has 0 radical (unpaired) electrons. The second-order valence-corrected chi connectivity index (χ2v) is 5.83. The maximum Gasteiger partial charge on any atom is 0.417 e. The number of sulfonamides is 1. The summed E-state index contributed by atoms with van der Waals surface area (Å²) in [6, 6.07) is 3.15. The first-order valence-corrected chi connectivity index (χ1v) is 7.23. The van der Waals surface area contributed by atoms with Crippen LogP contribution < -0.4 is 21.9 Å². The highest BCUT2D eigenvalue weighted by Crippen LogP contribution is 2.24. The van der Waals surface area contributed by atoms with Crippen LogP contribution in [-0.2, 0) is 10.0 Å². The maximum absolute atomic E-state index is 11.0. The summed E-state index contributed by atoms with van der Waals surface area (Å²) in [7, 11) is -3.45. The highest BCUT2D eigenvalue weighted by Gasteiger charge is 2.07. The number of nitrogens with one attached hydrogen (secondary N) is 2. The standard InChI is InChI=1S/C10H14N4O4S/c11-6-4-9-8(14-10(15)18-9)5-7(6)13-2-1-3-19(12,16)17/h4-5,13H,1-3,11H2,(H,14,15)(H2,12,16,17). The second kappa shape index (κ2) is 4.94. The Labute approximate surface area is 108 Å². The zero-order valence-electron chi connectivity index (χ0n) is 9.97. The fourth-order valence-corrected chi connectivity index (χ4v) is 2.21. The molecule has 0 saturated heterocycles. The zero-order chi connectivity index (χ0) is 14.0. The molecule has 0 atom stereocenters. The monoisotopic (exact) mass is 286 g/mol. The minimum atomic E-state index is -3.45. The van der Waals surface area contributed by atoms with Gasteiger partial charge in [-0.2, -0.15) is 0 Å². The van der Waals surface area contributed by atoms with E-state index in [0.29, 0.717) is 35.4 Å². The van der Waals surface area contributed by atoms with Crippen molar-refractivity contribution in [3.8, 4) is 0 Å². The molecule has 1 aromatic heterocycles. The van der Waals surface area contributed by atoms with Gasteiger partial charge in [0.05, 0.1) is 22.6 Å². The highest BCUT2D eigenvalue weighted by molar-refractivity contribution is 7.89. The van der Waals surface area contributed by atoms with Crippen LogP contribution in [0.25, 0.3) is 11.1 Å². The molecule has 0 aliphatic carbocycles. The van der Waals surface area contributed by atoms with Gasteiger partial charge in [-0.1, -0.05) is 0 Å². The summed E-state index contributed by atoms with van der Waals surface area (Å²) in [5.74, 6) is -0.661. The Morgan fingerprint density at radius 1 is 1.37 bits per heavy atom. The summed E-state index contributed by atoms with van der Waals surface area (Å²) in [4.78, 5) is 13.5. The summed E-state index contributed by atoms with van der Waals surface area (Å²) in [5.41, 5.74) is 7.68. The van der Waals surface area contributed by atoms with Crippen LogP contribution >= 0.6 is 0 Å². The number of hydrogen-bond acceptors (Lipinski definition) is 6. The predicted molar refractivity (Wildman–Crippen MR) is 72.3 cm³/mol. The number of H-pyrrole nitrogens is 1. The smallest absolute Gasteiger partial charge is 0.408 e. The van der Waals surface area contributed by atoms with Gasteiger partial charge >= 0.3 is 5.76 Å². The van der Waals surface area contributed by atoms with Gasteiger partial charge in [0.15, 0.2) is 5.58 Å². The average molecular weight is 286 g/mol. The molecule has 0 saturated carbocycles. The molecule has 8 nitrogen and oxygen atoms in total. The summed E-state index contributed by atoms with van der Waals surface area (Å²) >= 11 is 0. The molecule has 1 heterocycles. The lowest BCUT2D eigenvalue weighted by molar-refractivity contribution is 0.555. The van der Waals surface area contributed by atoms with Crippen molar-refractivity contribution >= 4 is 32.5 Å². The van der Waals surface area contributed by atoms with Crippen LogP contribution in [-0.4, -0.2) is 25.7 Å². The van der Waals surface area contributed by atoms with Crippen molar-refractivity contribution in [2.75, 3.05) is 23.3 Å². The lowest BCUT2D eigenvalue weighted by Gasteiger charge is -2.08. The molecule has 0 spiro atoms. The number of aromatic nitrogens is 1. The Hall–Kier alpha value is -2.00. The maximum atomic E-state index is 11.0. The van der Waals surface area contributed by atoms with Gasteiger partial charge in [0.25, 0.3) is 0 Å². The van der Waals surface area contributed by atoms with E-state index in [-0.39, 0.29) is 5.75 Å². The van der Waals surface area contributed by atoms with E-state index in [1.54, 1.807) is 6.07 Å². The molecule has 0 fully saturated rings. The van der Waals surface area contributed by atoms with Crippen LogP contribution in [0.4, 0.5) is 11.4 Å². The quantitative estimate of drug-likeness (QED) is 0.442. The van der Waals surface area contributed by atoms with E-state index in [1.165, 1.54) is 6.07 Å². The minimum absolute atomic E-state index is 0.106. The SMILES string of the molecule is Nc1cc2oc(=O)[nH]c2cc1NCCCS(N)(=O)=O. The molecule has 1 aromatic carbocycles. The molecule has 0 aliphatic heterocycles. The number of oxazole rings is 1. The number of aromatic amines is 1. The van der Waals surface area contributed by atoms with Crippen LogP contribution in [0.5, 0.6) is 0 Å². The first-order valence-electron chi connectivity index (χ1n) is 5.52. The fourth-order valence-electron chi connectivity index (χ4n) is 1.66. The first kappa shape index (κ1) is 13.4. The van der Waals surface area contributed by atoms with Crippen molar-refractivity contribution in [3.05, 3.63) is 22.7 Å². The van der Waals surface area contributed by atoms with Crippen molar-refractivity contribution < 1.29 is 12.8 Å². The number of fused-ring (bicyclic) bond motifs is 1. The van der Waals surface area contributed by atoms with E-state index in [2.05, 4.69) is 10.3 Å². The summed E-state index contributed by atoms with van der Waals surface area (Å²) in [6.45, 7) is 0.397. The summed E-state index contributed by atoms with van der Waals surface area (Å²) in [5, 5.41) is 7.87. The van der Waals surface area contributed by atoms with Crippen LogP contribution in [0.3, 0.4) is 0 Å². The van der Waals surface area contributed by atoms with E-state index >= 15 is 0 Å². The van der Waals surface area contributed by atoms with Gasteiger partial charge in [-0.25, -0.2) is 18.4 Å². The molecule has 2 aromatic rings. The van der Waals surface area contributed by atoms with Gasteiger partial charge in [-0.3, -0.25) is 4.98 Å². The fraction of sp³-hybridized carbons (Fsp3) is 0.300. The lowest BCUT2D eigenvalue weighted by atomic mass is 10.2. The Kier molecular flexibility index (Phi) is 3.49. The predicted octanol–water partition coefficient (Wildman–Crippen LogP) is -0.206. The molecular formula is C10H14N4O4S. The molecule has 0 bridgehead atoms. The molecule has 6 N–H and O–H groups in total. The van der Waals surface area contributed by atoms with E-state index in [9.17, 15) is 13.2 Å². The number of benzene rings is 1. The van der Waals surface area contributed by atoms with Crippen LogP contribution in [0, 0.1) is 0 Å². The average Bonchev–Trinajstić information content (AvgIpc) is 2.62. The lowest BCUT2D eigenvalue weighted by Crippen LogP contribution is -2.18. The van der Waals surface area contributed by atoms with Crippen LogP contribution in [0.1, 0.15) is 6.42 Å². The number of nitrogens with two attached hydrogens (primary N) is 2. The highest BCUT2D eigenvalue weighted by atomic mass is 32.2. The van der Waals surface area contributed by atoms with E-state index < -0.39 is 15.8 Å². The van der Waals surface area contributed by atoms with Gasteiger partial charge in [0.2, 0.25) is 10.0 Å². The van der Waals surface area contributed by atoms with E-state index in [1.807, 2.05) is 0 Å². The molecule has 104 valence electrons. The molecule has 19 heavy (non-hydrogen) atoms. The number of anilines is 2. The minimum Gasteiger partial charge on any atom is -0.408 e. The normalized spacial score (nSPS) is 11.8. The van der Waals surface area contributed by atoms with Crippen molar-refractivity contribution in [1.82, 2.24) is 4.98 Å². The molecule has 0 amide bonds. The topological polar surface area (TPSA) is 144 Å².